The summed E-state index contributed by atoms with van der Waals surface area (Å²) in [6.07, 6.45) is 0. The summed E-state index contributed by atoms with van der Waals surface area (Å²) in [5.41, 5.74) is 0. The number of carboxylic acid groups (broad SMARTS) is 1. The molecule has 12 heavy (non-hydrogen) atoms. The lowest BCUT2D eigenvalue weighted by Crippen LogP contribution is -1.89. The van der Waals surface area contributed by atoms with Crippen LogP contribution in [-0.4, -0.2) is 11.1 Å². The van der Waals surface area contributed by atoms with Gasteiger partial charge in [0.2, 0.25) is 0 Å². The molecule has 0 amide bonds. The van der Waals surface area contributed by atoms with Gasteiger partial charge in [0.15, 0.2) is 0 Å². The van der Waals surface area contributed by atoms with Gasteiger partial charge in [-0.2, -0.15) is 0 Å². The van der Waals surface area contributed by atoms with Crippen molar-refractivity contribution in [2.24, 2.45) is 0 Å². The zero-order chi connectivity index (χ0) is 9.30. The number of hydrogen-bond donors (Lipinski definition) is 1. The molecule has 0 radical (unpaired) electrons. The first-order valence-corrected chi connectivity index (χ1v) is 4.36. The topological polar surface area (TPSA) is 37.3 Å². The maximum Gasteiger partial charge on any atom is 0.345 e. The number of halogens is 1. The molecule has 66 valence electrons. The van der Waals surface area contributed by atoms with Crippen molar-refractivity contribution in [3.63, 3.8) is 0 Å². The van der Waals surface area contributed by atoms with Crippen LogP contribution in [-0.2, 0) is 0 Å². The van der Waals surface area contributed by atoms with Gasteiger partial charge in [0, 0.05) is 4.88 Å². The zero-order valence-corrected chi connectivity index (χ0v) is 7.61. The van der Waals surface area contributed by atoms with Crippen LogP contribution in [0.4, 0.5) is 4.39 Å². The summed E-state index contributed by atoms with van der Waals surface area (Å²) in [7, 11) is 0. The summed E-state index contributed by atoms with van der Waals surface area (Å²) in [6, 6.07) is 1.07. The van der Waals surface area contributed by atoms with E-state index in [-0.39, 0.29) is 10.8 Å². The highest BCUT2D eigenvalue weighted by Crippen LogP contribution is 2.27. The molecule has 2 nitrogen and oxygen atoms in total. The third kappa shape index (κ3) is 1.64. The van der Waals surface area contributed by atoms with Gasteiger partial charge in [-0.3, -0.25) is 0 Å². The molecule has 0 aliphatic rings. The monoisotopic (exact) mass is 188 g/mol. The molecule has 0 unspecified atom stereocenters. The minimum Gasteiger partial charge on any atom is -0.477 e. The summed E-state index contributed by atoms with van der Waals surface area (Å²) in [4.78, 5) is 11.0. The van der Waals surface area contributed by atoms with Crippen molar-refractivity contribution in [2.75, 3.05) is 0 Å². The van der Waals surface area contributed by atoms with E-state index in [0.29, 0.717) is 4.88 Å². The van der Waals surface area contributed by atoms with Crippen molar-refractivity contribution in [1.29, 1.82) is 0 Å². The van der Waals surface area contributed by atoms with Crippen LogP contribution in [0.5, 0.6) is 0 Å². The van der Waals surface area contributed by atoms with E-state index < -0.39 is 11.8 Å². The largest absolute Gasteiger partial charge is 0.477 e. The van der Waals surface area contributed by atoms with Gasteiger partial charge in [-0.1, -0.05) is 13.8 Å². The van der Waals surface area contributed by atoms with Crippen LogP contribution in [0.25, 0.3) is 0 Å². The first-order chi connectivity index (χ1) is 5.52. The maximum atomic E-state index is 13.0. The fraction of sp³-hybridized carbons (Fsp3) is 0.375. The lowest BCUT2D eigenvalue weighted by atomic mass is 10.2. The van der Waals surface area contributed by atoms with Crippen molar-refractivity contribution in [1.82, 2.24) is 0 Å². The summed E-state index contributed by atoms with van der Waals surface area (Å²) in [5, 5.41) is 8.55. The molecule has 0 aliphatic carbocycles. The molecule has 0 aliphatic heterocycles. The second-order valence-electron chi connectivity index (χ2n) is 2.78. The lowest BCUT2D eigenvalue weighted by Gasteiger charge is -1.98. The highest BCUT2D eigenvalue weighted by atomic mass is 32.1. The van der Waals surface area contributed by atoms with Crippen LogP contribution in [0, 0.1) is 5.82 Å². The SMILES string of the molecule is CC(C)c1sc(C(=O)O)cc1F. The van der Waals surface area contributed by atoms with Crippen LogP contribution in [0.2, 0.25) is 0 Å². The van der Waals surface area contributed by atoms with E-state index in [1.54, 1.807) is 0 Å². The van der Waals surface area contributed by atoms with Crippen molar-refractivity contribution >= 4 is 17.3 Å². The van der Waals surface area contributed by atoms with Gasteiger partial charge in [0.05, 0.1) is 0 Å². The molecule has 0 bridgehead atoms. The van der Waals surface area contributed by atoms with Crippen molar-refractivity contribution in [3.05, 3.63) is 21.6 Å². The summed E-state index contributed by atoms with van der Waals surface area (Å²) < 4.78 is 13.0. The van der Waals surface area contributed by atoms with Gasteiger partial charge in [0.25, 0.3) is 0 Å². The van der Waals surface area contributed by atoms with Crippen LogP contribution in [0.3, 0.4) is 0 Å². The van der Waals surface area contributed by atoms with Crippen LogP contribution >= 0.6 is 11.3 Å². The van der Waals surface area contributed by atoms with E-state index in [1.165, 1.54) is 0 Å². The zero-order valence-electron chi connectivity index (χ0n) is 6.80. The molecule has 0 aromatic carbocycles. The Morgan fingerprint density at radius 3 is 2.50 bits per heavy atom. The van der Waals surface area contributed by atoms with Gasteiger partial charge in [-0.05, 0) is 12.0 Å². The lowest BCUT2D eigenvalue weighted by molar-refractivity contribution is 0.0702. The van der Waals surface area contributed by atoms with E-state index >= 15 is 0 Å². The van der Waals surface area contributed by atoms with E-state index in [4.69, 9.17) is 5.11 Å². The van der Waals surface area contributed by atoms with Gasteiger partial charge < -0.3 is 5.11 Å². The molecule has 1 aromatic rings. The fourth-order valence-corrected chi connectivity index (χ4v) is 1.76. The summed E-state index contributed by atoms with van der Waals surface area (Å²) >= 11 is 1.00. The quantitative estimate of drug-likeness (QED) is 0.774. The molecule has 1 aromatic heterocycles. The Hall–Kier alpha value is -0.900. The molecule has 4 heteroatoms. The molecule has 0 fully saturated rings. The number of carbonyl (C=O) groups is 1. The highest BCUT2D eigenvalue weighted by molar-refractivity contribution is 7.14. The molecule has 1 heterocycles. The van der Waals surface area contributed by atoms with E-state index in [1.807, 2.05) is 13.8 Å². The van der Waals surface area contributed by atoms with Gasteiger partial charge in [0.1, 0.15) is 10.7 Å². The maximum absolute atomic E-state index is 13.0. The molecular formula is C8H9FO2S. The predicted molar refractivity (Wildman–Crippen MR) is 45.3 cm³/mol. The van der Waals surface area contributed by atoms with Crippen LogP contribution in [0.1, 0.15) is 34.3 Å². The Kier molecular flexibility index (Phi) is 2.47. The highest BCUT2D eigenvalue weighted by Gasteiger charge is 2.15. The smallest absolute Gasteiger partial charge is 0.345 e. The number of aromatic carboxylic acids is 1. The minimum absolute atomic E-state index is 0.0445. The first kappa shape index (κ1) is 9.19. The number of rotatable bonds is 2. The number of hydrogen-bond acceptors (Lipinski definition) is 2. The second kappa shape index (κ2) is 3.23. The van der Waals surface area contributed by atoms with Gasteiger partial charge >= 0.3 is 5.97 Å². The van der Waals surface area contributed by atoms with Crippen molar-refractivity contribution < 1.29 is 14.3 Å². The van der Waals surface area contributed by atoms with Crippen molar-refractivity contribution in [3.8, 4) is 0 Å². The van der Waals surface area contributed by atoms with Crippen LogP contribution < -0.4 is 0 Å². The Labute approximate surface area is 73.7 Å². The van der Waals surface area contributed by atoms with Gasteiger partial charge in [-0.25, -0.2) is 9.18 Å². The third-order valence-electron chi connectivity index (χ3n) is 1.45. The Bertz CT molecular complexity index is 304. The standard InChI is InChI=1S/C8H9FO2S/c1-4(2)7-5(9)3-6(12-7)8(10)11/h3-4H,1-2H3,(H,10,11). The summed E-state index contributed by atoms with van der Waals surface area (Å²) in [5.74, 6) is -1.43. The van der Waals surface area contributed by atoms with Gasteiger partial charge in [-0.15, -0.1) is 11.3 Å². The van der Waals surface area contributed by atoms with E-state index in [9.17, 15) is 9.18 Å². The number of thiophene rings is 1. The third-order valence-corrected chi connectivity index (χ3v) is 2.85. The Balaban J connectivity index is 3.09. The van der Waals surface area contributed by atoms with E-state index in [2.05, 4.69) is 0 Å². The van der Waals surface area contributed by atoms with Crippen LogP contribution in [0.15, 0.2) is 6.07 Å². The Morgan fingerprint density at radius 2 is 2.25 bits per heavy atom. The molecule has 1 N–H and O–H groups in total. The molecule has 0 saturated heterocycles. The molecule has 1 rings (SSSR count). The fourth-order valence-electron chi connectivity index (χ4n) is 0.882. The second-order valence-corrected chi connectivity index (χ2v) is 3.87. The molecule has 0 saturated carbocycles. The predicted octanol–water partition coefficient (Wildman–Crippen LogP) is 2.71. The first-order valence-electron chi connectivity index (χ1n) is 3.55. The minimum atomic E-state index is -1.06. The average molecular weight is 188 g/mol. The average Bonchev–Trinajstić information content (AvgIpc) is 2.30. The van der Waals surface area contributed by atoms with Crippen molar-refractivity contribution in [2.45, 2.75) is 19.8 Å². The van der Waals surface area contributed by atoms with E-state index in [0.717, 1.165) is 17.4 Å². The Morgan fingerprint density at radius 1 is 1.67 bits per heavy atom. The molecule has 0 spiro atoms. The number of carboxylic acids is 1. The summed E-state index contributed by atoms with van der Waals surface area (Å²) in [6.45, 7) is 3.67. The molecular weight excluding hydrogens is 179 g/mol. The normalized spacial score (nSPS) is 10.7. The molecule has 0 atom stereocenters.